The van der Waals surface area contributed by atoms with Gasteiger partial charge in [0, 0.05) is 22.7 Å². The molecule has 5 aromatic heterocycles. The molecular formula is C19H15F3N8O3S2. The van der Waals surface area contributed by atoms with Crippen molar-refractivity contribution in [1.82, 2.24) is 34.3 Å². The van der Waals surface area contributed by atoms with Gasteiger partial charge in [0.15, 0.2) is 16.4 Å². The molecule has 0 bridgehead atoms. The van der Waals surface area contributed by atoms with Crippen molar-refractivity contribution in [2.24, 2.45) is 0 Å². The third-order valence-corrected chi connectivity index (χ3v) is 6.38. The molecule has 1 unspecified atom stereocenters. The summed E-state index contributed by atoms with van der Waals surface area (Å²) in [5.74, 6) is -2.16. The number of carboxylic acids is 1. The molecule has 16 heteroatoms. The number of H-pyrrole nitrogens is 1. The number of halogens is 3. The fourth-order valence-corrected chi connectivity index (χ4v) is 4.65. The van der Waals surface area contributed by atoms with E-state index in [1.165, 1.54) is 29.0 Å². The van der Waals surface area contributed by atoms with Gasteiger partial charge in [-0.25, -0.2) is 29.7 Å². The smallest absolute Gasteiger partial charge is 0.475 e. The number of carbonyl (C=O) groups is 1. The highest BCUT2D eigenvalue weighted by atomic mass is 32.1. The third kappa shape index (κ3) is 4.83. The summed E-state index contributed by atoms with van der Waals surface area (Å²) >= 11 is 2.86. The molecule has 0 radical (unpaired) electrons. The second kappa shape index (κ2) is 9.38. The number of aromatic nitrogens is 7. The van der Waals surface area contributed by atoms with Crippen molar-refractivity contribution in [2.75, 3.05) is 5.32 Å². The number of alkyl halides is 3. The number of nitrogens with zero attached hydrogens (tertiary/aromatic N) is 6. The van der Waals surface area contributed by atoms with Gasteiger partial charge >= 0.3 is 12.1 Å². The molecule has 1 atom stereocenters. The quantitative estimate of drug-likeness (QED) is 0.320. The van der Waals surface area contributed by atoms with Crippen molar-refractivity contribution in [2.45, 2.75) is 26.1 Å². The van der Waals surface area contributed by atoms with Crippen LogP contribution in [-0.2, 0) is 4.79 Å². The Labute approximate surface area is 201 Å². The largest absolute Gasteiger partial charge is 0.490 e. The lowest BCUT2D eigenvalue weighted by Crippen LogP contribution is -2.23. The maximum Gasteiger partial charge on any atom is 0.490 e. The van der Waals surface area contributed by atoms with Crippen molar-refractivity contribution >= 4 is 50.6 Å². The van der Waals surface area contributed by atoms with E-state index in [2.05, 4.69) is 30.2 Å². The van der Waals surface area contributed by atoms with Crippen molar-refractivity contribution in [3.63, 3.8) is 0 Å². The number of hydrogen-bond acceptors (Lipinski definition) is 10. The number of imidazole rings is 1. The van der Waals surface area contributed by atoms with Gasteiger partial charge in [0.25, 0.3) is 5.56 Å². The van der Waals surface area contributed by atoms with Crippen molar-refractivity contribution < 1.29 is 23.1 Å². The standard InChI is InChI=1S/C17H14N8OS2.C2HF3O2/c1-8-5-28-17-24-11(10(16(26)25(8)17)15-18-3-4-27-15)9(2)23-14-12-13(20-6-19-12)21-7-22-14;3-2(4,5)1(6)7/h3-7,9H,1-2H3,(H2,19,20,21,22,23);(H,6,7). The number of rotatable bonds is 4. The van der Waals surface area contributed by atoms with Crippen LogP contribution in [0.25, 0.3) is 26.7 Å². The number of fused-ring (bicyclic) bond motifs is 2. The van der Waals surface area contributed by atoms with E-state index in [-0.39, 0.29) is 11.6 Å². The van der Waals surface area contributed by atoms with Gasteiger partial charge in [-0.15, -0.1) is 22.7 Å². The molecule has 182 valence electrons. The first-order valence-corrected chi connectivity index (χ1v) is 11.4. The van der Waals surface area contributed by atoms with Crippen LogP contribution in [0.3, 0.4) is 0 Å². The van der Waals surface area contributed by atoms with E-state index in [0.29, 0.717) is 38.2 Å². The average molecular weight is 525 g/mol. The van der Waals surface area contributed by atoms with Gasteiger partial charge in [0.05, 0.1) is 23.6 Å². The van der Waals surface area contributed by atoms with Crippen LogP contribution in [0.4, 0.5) is 19.0 Å². The van der Waals surface area contributed by atoms with Crippen LogP contribution >= 0.6 is 22.7 Å². The minimum atomic E-state index is -5.08. The summed E-state index contributed by atoms with van der Waals surface area (Å²) in [6.07, 6.45) is -0.370. The maximum absolute atomic E-state index is 13.3. The van der Waals surface area contributed by atoms with E-state index in [9.17, 15) is 18.0 Å². The summed E-state index contributed by atoms with van der Waals surface area (Å²) in [4.78, 5) is 47.6. The molecule has 0 spiro atoms. The third-order valence-electron chi connectivity index (χ3n) is 4.64. The molecule has 5 heterocycles. The van der Waals surface area contributed by atoms with Gasteiger partial charge in [-0.1, -0.05) is 0 Å². The van der Waals surface area contributed by atoms with E-state index < -0.39 is 12.1 Å². The summed E-state index contributed by atoms with van der Waals surface area (Å²) in [6.45, 7) is 3.84. The van der Waals surface area contributed by atoms with Crippen molar-refractivity contribution in [3.05, 3.63) is 51.4 Å². The Balaban J connectivity index is 0.000000364. The Morgan fingerprint density at radius 2 is 1.97 bits per heavy atom. The number of aliphatic carboxylic acids is 1. The molecule has 0 aromatic carbocycles. The van der Waals surface area contributed by atoms with Crippen LogP contribution in [0.2, 0.25) is 0 Å². The second-order valence-electron chi connectivity index (χ2n) is 7.00. The van der Waals surface area contributed by atoms with Gasteiger partial charge in [-0.05, 0) is 13.8 Å². The van der Waals surface area contributed by atoms with Gasteiger partial charge in [-0.3, -0.25) is 9.20 Å². The van der Waals surface area contributed by atoms with E-state index in [0.717, 1.165) is 5.69 Å². The lowest BCUT2D eigenvalue weighted by atomic mass is 10.1. The predicted octanol–water partition coefficient (Wildman–Crippen LogP) is 3.66. The van der Waals surface area contributed by atoms with E-state index in [1.807, 2.05) is 24.6 Å². The van der Waals surface area contributed by atoms with Gasteiger partial charge in [0.1, 0.15) is 16.9 Å². The van der Waals surface area contributed by atoms with Crippen LogP contribution in [-0.4, -0.2) is 51.6 Å². The fraction of sp³-hybridized carbons (Fsp3) is 0.211. The second-order valence-corrected chi connectivity index (χ2v) is 8.73. The topological polar surface area (TPSA) is 151 Å². The SMILES string of the molecule is Cc1csc2nc(C(C)Nc3ncnc4nc[nH]c34)c(-c3nccs3)c(=O)n12.O=C(O)C(F)(F)F. The summed E-state index contributed by atoms with van der Waals surface area (Å²) < 4.78 is 33.4. The number of aromatic amines is 1. The summed E-state index contributed by atoms with van der Waals surface area (Å²) in [6, 6.07) is -0.291. The molecule has 0 saturated carbocycles. The molecule has 5 aromatic rings. The number of aryl methyl sites for hydroxylation is 1. The highest BCUT2D eigenvalue weighted by Crippen LogP contribution is 2.30. The monoisotopic (exact) mass is 524 g/mol. The van der Waals surface area contributed by atoms with Crippen LogP contribution < -0.4 is 10.9 Å². The number of thiazole rings is 2. The molecular weight excluding hydrogens is 509 g/mol. The van der Waals surface area contributed by atoms with E-state index in [1.54, 1.807) is 16.9 Å². The summed E-state index contributed by atoms with van der Waals surface area (Å²) in [7, 11) is 0. The molecule has 0 aliphatic heterocycles. The zero-order valence-electron chi connectivity index (χ0n) is 17.9. The van der Waals surface area contributed by atoms with Crippen molar-refractivity contribution in [1.29, 1.82) is 0 Å². The number of anilines is 1. The van der Waals surface area contributed by atoms with Gasteiger partial charge in [-0.2, -0.15) is 13.2 Å². The van der Waals surface area contributed by atoms with Crippen LogP contribution in [0.5, 0.6) is 0 Å². The molecule has 11 nitrogen and oxygen atoms in total. The Morgan fingerprint density at radius 3 is 2.63 bits per heavy atom. The normalized spacial score (nSPS) is 12.4. The maximum atomic E-state index is 13.3. The Bertz CT molecular complexity index is 1560. The van der Waals surface area contributed by atoms with Crippen LogP contribution in [0.15, 0.2) is 34.4 Å². The number of hydrogen-bond donors (Lipinski definition) is 3. The Morgan fingerprint density at radius 1 is 1.23 bits per heavy atom. The average Bonchev–Trinajstić information content (AvgIpc) is 3.55. The molecule has 0 saturated heterocycles. The zero-order chi connectivity index (χ0) is 25.3. The minimum absolute atomic E-state index is 0.114. The number of carboxylic acid groups (broad SMARTS) is 1. The molecule has 0 fully saturated rings. The van der Waals surface area contributed by atoms with Gasteiger partial charge < -0.3 is 15.4 Å². The molecule has 5 rings (SSSR count). The number of nitrogens with one attached hydrogen (secondary N) is 2. The zero-order valence-corrected chi connectivity index (χ0v) is 19.5. The highest BCUT2D eigenvalue weighted by molar-refractivity contribution is 7.15. The Kier molecular flexibility index (Phi) is 6.49. The molecule has 0 amide bonds. The first-order chi connectivity index (χ1) is 16.6. The lowest BCUT2D eigenvalue weighted by Gasteiger charge is -2.17. The molecule has 3 N–H and O–H groups in total. The fourth-order valence-electron chi connectivity index (χ4n) is 3.11. The summed E-state index contributed by atoms with van der Waals surface area (Å²) in [5, 5.41) is 14.9. The highest BCUT2D eigenvalue weighted by Gasteiger charge is 2.38. The lowest BCUT2D eigenvalue weighted by molar-refractivity contribution is -0.192. The van der Waals surface area contributed by atoms with Crippen molar-refractivity contribution in [3.8, 4) is 10.6 Å². The first-order valence-electron chi connectivity index (χ1n) is 9.69. The Hall–Kier alpha value is -3.92. The predicted molar refractivity (Wildman–Crippen MR) is 123 cm³/mol. The molecule has 0 aliphatic rings. The van der Waals surface area contributed by atoms with E-state index in [4.69, 9.17) is 14.9 Å². The minimum Gasteiger partial charge on any atom is -0.475 e. The molecule has 0 aliphatic carbocycles. The van der Waals surface area contributed by atoms with Crippen LogP contribution in [0, 0.1) is 6.92 Å². The van der Waals surface area contributed by atoms with Gasteiger partial charge in [0.2, 0.25) is 0 Å². The summed E-state index contributed by atoms with van der Waals surface area (Å²) in [5.41, 5.74) is 3.16. The van der Waals surface area contributed by atoms with E-state index >= 15 is 0 Å². The molecule has 35 heavy (non-hydrogen) atoms. The first kappa shape index (κ1) is 24.2. The van der Waals surface area contributed by atoms with Crippen LogP contribution in [0.1, 0.15) is 24.4 Å².